The second kappa shape index (κ2) is 4.38. The van der Waals surface area contributed by atoms with Crippen LogP contribution >= 0.6 is 58.0 Å². The molecular formula is C7Cl5F3. The van der Waals surface area contributed by atoms with Crippen LogP contribution in [0.15, 0.2) is 0 Å². The van der Waals surface area contributed by atoms with Gasteiger partial charge >= 0.3 is 0 Å². The predicted octanol–water partition coefficient (Wildman–Crippen LogP) is 5.24. The van der Waals surface area contributed by atoms with E-state index < -0.39 is 36.9 Å². The zero-order valence-corrected chi connectivity index (χ0v) is 10.3. The van der Waals surface area contributed by atoms with Crippen LogP contribution in [-0.2, 0) is 3.79 Å². The van der Waals surface area contributed by atoms with E-state index in [1.807, 2.05) is 0 Å². The molecular weight excluding hydrogens is 318 g/mol. The van der Waals surface area contributed by atoms with Gasteiger partial charge in [0.05, 0.1) is 5.56 Å². The van der Waals surface area contributed by atoms with Gasteiger partial charge < -0.3 is 0 Å². The highest BCUT2D eigenvalue weighted by Gasteiger charge is 2.35. The van der Waals surface area contributed by atoms with E-state index in [0.717, 1.165) is 0 Å². The van der Waals surface area contributed by atoms with E-state index >= 15 is 0 Å². The molecule has 0 aromatic heterocycles. The van der Waals surface area contributed by atoms with Crippen molar-refractivity contribution in [3.63, 3.8) is 0 Å². The monoisotopic (exact) mass is 316 g/mol. The molecule has 0 fully saturated rings. The summed E-state index contributed by atoms with van der Waals surface area (Å²) < 4.78 is 37.1. The number of halogens is 8. The van der Waals surface area contributed by atoms with E-state index in [1.165, 1.54) is 0 Å². The summed E-state index contributed by atoms with van der Waals surface area (Å²) in [6.07, 6.45) is 0. The van der Waals surface area contributed by atoms with Gasteiger partial charge in [-0.15, -0.1) is 0 Å². The predicted molar refractivity (Wildman–Crippen MR) is 55.6 cm³/mol. The Labute approximate surface area is 108 Å². The molecule has 0 atom stereocenters. The zero-order chi connectivity index (χ0) is 12.0. The van der Waals surface area contributed by atoms with Crippen LogP contribution in [0.4, 0.5) is 13.2 Å². The molecule has 0 saturated heterocycles. The molecule has 15 heavy (non-hydrogen) atoms. The Morgan fingerprint density at radius 3 is 1.33 bits per heavy atom. The Morgan fingerprint density at radius 1 is 0.733 bits per heavy atom. The van der Waals surface area contributed by atoms with Gasteiger partial charge in [-0.3, -0.25) is 0 Å². The molecule has 0 aliphatic heterocycles. The zero-order valence-electron chi connectivity index (χ0n) is 6.52. The topological polar surface area (TPSA) is 0 Å². The lowest BCUT2D eigenvalue weighted by Crippen LogP contribution is -2.10. The summed E-state index contributed by atoms with van der Waals surface area (Å²) in [6, 6.07) is 0. The molecule has 0 spiro atoms. The minimum atomic E-state index is -2.42. The summed E-state index contributed by atoms with van der Waals surface area (Å²) in [6.45, 7) is 0. The molecule has 0 bridgehead atoms. The van der Waals surface area contributed by atoms with Crippen molar-refractivity contribution >= 4 is 58.0 Å². The normalized spacial score (nSPS) is 12.0. The smallest absolute Gasteiger partial charge is 0.205 e. The summed E-state index contributed by atoms with van der Waals surface area (Å²) in [5.41, 5.74) is -1.01. The third-order valence-electron chi connectivity index (χ3n) is 1.49. The van der Waals surface area contributed by atoms with E-state index in [2.05, 4.69) is 0 Å². The van der Waals surface area contributed by atoms with Crippen LogP contribution < -0.4 is 0 Å². The maximum absolute atomic E-state index is 13.3. The lowest BCUT2D eigenvalue weighted by Gasteiger charge is -2.15. The molecule has 0 amide bonds. The number of hydrogen-bond donors (Lipinski definition) is 0. The van der Waals surface area contributed by atoms with Crippen molar-refractivity contribution < 1.29 is 13.2 Å². The van der Waals surface area contributed by atoms with Crippen molar-refractivity contribution in [1.82, 2.24) is 0 Å². The Hall–Kier alpha value is 0.460. The van der Waals surface area contributed by atoms with Gasteiger partial charge in [-0.25, -0.2) is 13.2 Å². The molecule has 1 rings (SSSR count). The molecule has 1 aromatic carbocycles. The van der Waals surface area contributed by atoms with Gasteiger partial charge in [0.2, 0.25) is 3.79 Å². The SMILES string of the molecule is Fc1c(Cl)c(F)c(C(Cl)(Cl)Cl)c(F)c1Cl. The van der Waals surface area contributed by atoms with Gasteiger partial charge in [-0.05, 0) is 0 Å². The van der Waals surface area contributed by atoms with E-state index in [4.69, 9.17) is 58.0 Å². The molecule has 84 valence electrons. The maximum atomic E-state index is 13.3. The summed E-state index contributed by atoms with van der Waals surface area (Å²) in [5.74, 6) is -4.42. The quantitative estimate of drug-likeness (QED) is 0.349. The van der Waals surface area contributed by atoms with Gasteiger partial charge in [0.15, 0.2) is 17.5 Å². The second-order valence-corrected chi connectivity index (χ2v) is 5.48. The summed E-state index contributed by atoms with van der Waals surface area (Å²) in [7, 11) is 0. The molecule has 0 nitrogen and oxygen atoms in total. The average Bonchev–Trinajstić information content (AvgIpc) is 2.09. The maximum Gasteiger partial charge on any atom is 0.221 e. The van der Waals surface area contributed by atoms with Crippen molar-refractivity contribution in [3.05, 3.63) is 33.1 Å². The van der Waals surface area contributed by atoms with Crippen molar-refractivity contribution in [2.45, 2.75) is 3.79 Å². The van der Waals surface area contributed by atoms with Gasteiger partial charge in [-0.2, -0.15) is 0 Å². The first-order chi connectivity index (χ1) is 6.68. The van der Waals surface area contributed by atoms with Gasteiger partial charge in [0, 0.05) is 0 Å². The van der Waals surface area contributed by atoms with Gasteiger partial charge in [0.1, 0.15) is 10.0 Å². The standard InChI is InChI=1S/C7Cl5F3/c8-2-4(13)1(7(10,11)12)5(14)3(9)6(2)15. The Morgan fingerprint density at radius 2 is 1.07 bits per heavy atom. The van der Waals surface area contributed by atoms with Crippen molar-refractivity contribution in [2.24, 2.45) is 0 Å². The Balaban J connectivity index is 3.68. The van der Waals surface area contributed by atoms with Crippen LogP contribution in [0.2, 0.25) is 10.0 Å². The fraction of sp³-hybridized carbons (Fsp3) is 0.143. The van der Waals surface area contributed by atoms with E-state index in [0.29, 0.717) is 0 Å². The molecule has 0 saturated carbocycles. The van der Waals surface area contributed by atoms with Gasteiger partial charge in [0.25, 0.3) is 0 Å². The minimum Gasteiger partial charge on any atom is -0.205 e. The van der Waals surface area contributed by atoms with Crippen LogP contribution in [0.25, 0.3) is 0 Å². The van der Waals surface area contributed by atoms with Crippen LogP contribution in [-0.4, -0.2) is 0 Å². The van der Waals surface area contributed by atoms with Crippen molar-refractivity contribution in [3.8, 4) is 0 Å². The summed E-state index contributed by atoms with van der Waals surface area (Å²) in [4.78, 5) is 0. The van der Waals surface area contributed by atoms with Gasteiger partial charge in [-0.1, -0.05) is 58.0 Å². The number of benzene rings is 1. The van der Waals surface area contributed by atoms with Crippen LogP contribution in [0.5, 0.6) is 0 Å². The fourth-order valence-electron chi connectivity index (χ4n) is 0.854. The van der Waals surface area contributed by atoms with Crippen LogP contribution in [0.1, 0.15) is 5.56 Å². The molecule has 0 unspecified atom stereocenters. The third-order valence-corrected chi connectivity index (χ3v) is 2.72. The second-order valence-electron chi connectivity index (χ2n) is 2.44. The average molecular weight is 318 g/mol. The first-order valence-electron chi connectivity index (χ1n) is 3.26. The molecule has 0 radical (unpaired) electrons. The molecule has 0 heterocycles. The largest absolute Gasteiger partial charge is 0.221 e. The molecule has 0 N–H and O–H groups in total. The summed E-state index contributed by atoms with van der Waals surface area (Å²) in [5, 5.41) is -2.05. The highest BCUT2D eigenvalue weighted by atomic mass is 35.6. The highest BCUT2D eigenvalue weighted by molar-refractivity contribution is 6.66. The van der Waals surface area contributed by atoms with Crippen LogP contribution in [0, 0.1) is 17.5 Å². The van der Waals surface area contributed by atoms with Crippen LogP contribution in [0.3, 0.4) is 0 Å². The Bertz CT molecular complexity index is 383. The van der Waals surface area contributed by atoms with Crippen molar-refractivity contribution in [2.75, 3.05) is 0 Å². The van der Waals surface area contributed by atoms with Crippen molar-refractivity contribution in [1.29, 1.82) is 0 Å². The third kappa shape index (κ3) is 2.42. The lowest BCUT2D eigenvalue weighted by molar-refractivity contribution is 0.528. The Kier molecular flexibility index (Phi) is 3.95. The molecule has 0 aliphatic carbocycles. The first-order valence-corrected chi connectivity index (χ1v) is 5.15. The number of rotatable bonds is 0. The molecule has 0 aliphatic rings. The molecule has 1 aromatic rings. The first kappa shape index (κ1) is 13.5. The van der Waals surface area contributed by atoms with E-state index in [9.17, 15) is 13.2 Å². The number of alkyl halides is 3. The van der Waals surface area contributed by atoms with E-state index in [-0.39, 0.29) is 0 Å². The molecule has 8 heteroatoms. The minimum absolute atomic E-state index is 1.01. The number of hydrogen-bond acceptors (Lipinski definition) is 0. The van der Waals surface area contributed by atoms with E-state index in [1.54, 1.807) is 0 Å². The lowest BCUT2D eigenvalue weighted by atomic mass is 10.2. The summed E-state index contributed by atoms with van der Waals surface area (Å²) >= 11 is 26.2. The highest BCUT2D eigenvalue weighted by Crippen LogP contribution is 2.45. The fourth-order valence-corrected chi connectivity index (χ4v) is 1.78.